The van der Waals surface area contributed by atoms with Crippen LogP contribution in [0, 0.1) is 20.8 Å². The van der Waals surface area contributed by atoms with Crippen LogP contribution in [0.15, 0.2) is 60.2 Å². The molecule has 0 spiro atoms. The van der Waals surface area contributed by atoms with Gasteiger partial charge in [0, 0.05) is 28.2 Å². The lowest BCUT2D eigenvalue weighted by molar-refractivity contribution is 0.0990. The highest BCUT2D eigenvalue weighted by atomic mass is 16.2. The minimum Gasteiger partial charge on any atom is -0.318 e. The van der Waals surface area contributed by atoms with Crippen LogP contribution in [0.1, 0.15) is 43.2 Å². The first-order chi connectivity index (χ1) is 12.5. The second kappa shape index (κ2) is 5.95. The van der Waals surface area contributed by atoms with Crippen molar-refractivity contribution in [2.45, 2.75) is 20.8 Å². The van der Waals surface area contributed by atoms with Crippen LogP contribution in [0.2, 0.25) is 0 Å². The molecule has 0 radical (unpaired) electrons. The number of benzene rings is 2. The number of carbonyl (C=O) groups excluding carboxylic acids is 2. The summed E-state index contributed by atoms with van der Waals surface area (Å²) in [6, 6.07) is 17.3. The second-order valence-corrected chi connectivity index (χ2v) is 6.76. The molecule has 0 saturated heterocycles. The van der Waals surface area contributed by atoms with Crippen molar-refractivity contribution in [1.29, 1.82) is 0 Å². The lowest BCUT2D eigenvalue weighted by Crippen LogP contribution is -2.01. The van der Waals surface area contributed by atoms with Crippen molar-refractivity contribution in [3.05, 3.63) is 93.8 Å². The maximum absolute atomic E-state index is 12.6. The van der Waals surface area contributed by atoms with E-state index in [4.69, 9.17) is 0 Å². The molecule has 1 aliphatic rings. The molecule has 26 heavy (non-hydrogen) atoms. The van der Waals surface area contributed by atoms with Crippen LogP contribution in [0.5, 0.6) is 0 Å². The third kappa shape index (κ3) is 2.44. The molecule has 0 amide bonds. The average Bonchev–Trinajstić information content (AvgIpc) is 3.05. The number of hydrogen-bond acceptors (Lipinski definition) is 2. The summed E-state index contributed by atoms with van der Waals surface area (Å²) in [6.07, 6.45) is 1.73. The van der Waals surface area contributed by atoms with Crippen molar-refractivity contribution in [3.63, 3.8) is 0 Å². The van der Waals surface area contributed by atoms with Crippen LogP contribution in [-0.2, 0) is 0 Å². The number of carbonyl (C=O) groups is 2. The molecule has 2 aromatic carbocycles. The summed E-state index contributed by atoms with van der Waals surface area (Å²) in [5, 5.41) is 0. The largest absolute Gasteiger partial charge is 0.318 e. The highest BCUT2D eigenvalue weighted by molar-refractivity contribution is 6.41. The Balaban J connectivity index is 1.80. The molecule has 3 nitrogen and oxygen atoms in total. The quantitative estimate of drug-likeness (QED) is 0.493. The second-order valence-electron chi connectivity index (χ2n) is 6.76. The van der Waals surface area contributed by atoms with E-state index >= 15 is 0 Å². The molecular weight excluding hydrogens is 322 g/mol. The number of aryl methyl sites for hydroxylation is 2. The fraction of sp³-hybridized carbons (Fsp3) is 0.130. The van der Waals surface area contributed by atoms with Gasteiger partial charge in [-0.15, -0.1) is 0 Å². The number of Topliss-reactive ketones (excluding diaryl/α,β-unsaturated/α-hetero) is 2. The van der Waals surface area contributed by atoms with E-state index in [-0.39, 0.29) is 17.1 Å². The fourth-order valence-corrected chi connectivity index (χ4v) is 3.58. The molecule has 1 aliphatic carbocycles. The molecule has 0 unspecified atom stereocenters. The van der Waals surface area contributed by atoms with Crippen molar-refractivity contribution in [2.75, 3.05) is 0 Å². The summed E-state index contributed by atoms with van der Waals surface area (Å²) in [5.74, 6) is -0.378. The monoisotopic (exact) mass is 341 g/mol. The fourth-order valence-electron chi connectivity index (χ4n) is 3.58. The van der Waals surface area contributed by atoms with E-state index in [0.717, 1.165) is 22.6 Å². The van der Waals surface area contributed by atoms with E-state index in [1.165, 1.54) is 5.56 Å². The average molecular weight is 341 g/mol. The molecule has 3 aromatic rings. The van der Waals surface area contributed by atoms with E-state index < -0.39 is 0 Å². The van der Waals surface area contributed by atoms with Crippen LogP contribution in [0.3, 0.4) is 0 Å². The van der Waals surface area contributed by atoms with E-state index in [1.807, 2.05) is 19.9 Å². The van der Waals surface area contributed by atoms with Crippen LogP contribution < -0.4 is 0 Å². The number of nitrogens with zero attached hydrogens (tertiary/aromatic N) is 1. The predicted molar refractivity (Wildman–Crippen MR) is 103 cm³/mol. The van der Waals surface area contributed by atoms with Crippen LogP contribution >= 0.6 is 0 Å². The highest BCUT2D eigenvalue weighted by Gasteiger charge is 2.32. The van der Waals surface area contributed by atoms with Gasteiger partial charge in [0.05, 0.1) is 5.57 Å². The molecule has 0 atom stereocenters. The Morgan fingerprint density at radius 1 is 0.808 bits per heavy atom. The third-order valence-corrected chi connectivity index (χ3v) is 4.97. The zero-order valence-corrected chi connectivity index (χ0v) is 15.0. The van der Waals surface area contributed by atoms with E-state index in [0.29, 0.717) is 11.1 Å². The van der Waals surface area contributed by atoms with Gasteiger partial charge in [-0.05, 0) is 50.6 Å². The maximum atomic E-state index is 12.6. The van der Waals surface area contributed by atoms with E-state index in [1.54, 1.807) is 30.3 Å². The predicted octanol–water partition coefficient (Wildman–Crippen LogP) is 4.87. The lowest BCUT2D eigenvalue weighted by atomic mass is 10.1. The summed E-state index contributed by atoms with van der Waals surface area (Å²) >= 11 is 0. The molecule has 128 valence electrons. The molecule has 1 aromatic heterocycles. The molecule has 0 N–H and O–H groups in total. The summed E-state index contributed by atoms with van der Waals surface area (Å²) in [4.78, 5) is 25.3. The Morgan fingerprint density at radius 2 is 1.38 bits per heavy atom. The molecular formula is C23H19NO2. The molecule has 0 bridgehead atoms. The maximum Gasteiger partial charge on any atom is 0.197 e. The van der Waals surface area contributed by atoms with Crippen molar-refractivity contribution in [2.24, 2.45) is 0 Å². The SMILES string of the molecule is Cc1ccc(-n2c(C)cc(C=C3C(=O)c4ccccc4C3=O)c2C)cc1. The zero-order chi connectivity index (χ0) is 18.4. The molecule has 0 fully saturated rings. The Kier molecular flexibility index (Phi) is 3.73. The number of fused-ring (bicyclic) bond motifs is 1. The number of rotatable bonds is 2. The Morgan fingerprint density at radius 3 is 1.96 bits per heavy atom. The summed E-state index contributed by atoms with van der Waals surface area (Å²) in [6.45, 7) is 6.10. The summed E-state index contributed by atoms with van der Waals surface area (Å²) in [5.41, 5.74) is 6.49. The van der Waals surface area contributed by atoms with Crippen molar-refractivity contribution in [3.8, 4) is 5.69 Å². The third-order valence-electron chi connectivity index (χ3n) is 4.97. The van der Waals surface area contributed by atoms with Gasteiger partial charge in [-0.25, -0.2) is 0 Å². The van der Waals surface area contributed by atoms with Gasteiger partial charge in [-0.3, -0.25) is 9.59 Å². The Labute approximate surface area is 152 Å². The topological polar surface area (TPSA) is 39.1 Å². The van der Waals surface area contributed by atoms with E-state index in [2.05, 4.69) is 35.8 Å². The Bertz CT molecular complexity index is 1040. The number of hydrogen-bond donors (Lipinski definition) is 0. The highest BCUT2D eigenvalue weighted by Crippen LogP contribution is 2.30. The van der Waals surface area contributed by atoms with Gasteiger partial charge in [0.1, 0.15) is 0 Å². The zero-order valence-electron chi connectivity index (χ0n) is 15.0. The van der Waals surface area contributed by atoms with Crippen LogP contribution in [0.25, 0.3) is 11.8 Å². The normalized spacial score (nSPS) is 13.3. The van der Waals surface area contributed by atoms with Gasteiger partial charge in [0.25, 0.3) is 0 Å². The first-order valence-corrected chi connectivity index (χ1v) is 8.63. The first-order valence-electron chi connectivity index (χ1n) is 8.63. The number of ketones is 2. The molecule has 0 aliphatic heterocycles. The van der Waals surface area contributed by atoms with Gasteiger partial charge in [0.2, 0.25) is 0 Å². The molecule has 4 rings (SSSR count). The molecule has 0 saturated carbocycles. The number of allylic oxidation sites excluding steroid dienone is 1. The first kappa shape index (κ1) is 16.3. The van der Waals surface area contributed by atoms with Gasteiger partial charge in [-0.2, -0.15) is 0 Å². The van der Waals surface area contributed by atoms with Gasteiger partial charge in [-0.1, -0.05) is 42.0 Å². The lowest BCUT2D eigenvalue weighted by Gasteiger charge is -2.10. The number of aromatic nitrogens is 1. The van der Waals surface area contributed by atoms with Crippen LogP contribution in [0.4, 0.5) is 0 Å². The Hall–Kier alpha value is -3.20. The summed E-state index contributed by atoms with van der Waals surface area (Å²) in [7, 11) is 0. The standard InChI is InChI=1S/C23H19NO2/c1-14-8-10-18(11-9-14)24-15(2)12-17(16(24)3)13-21-22(25)19-6-4-5-7-20(19)23(21)26/h4-13H,1-3H3. The van der Waals surface area contributed by atoms with Crippen molar-refractivity contribution < 1.29 is 9.59 Å². The van der Waals surface area contributed by atoms with Gasteiger partial charge >= 0.3 is 0 Å². The smallest absolute Gasteiger partial charge is 0.197 e. The van der Waals surface area contributed by atoms with Crippen molar-refractivity contribution in [1.82, 2.24) is 4.57 Å². The minimum absolute atomic E-state index is 0.189. The van der Waals surface area contributed by atoms with E-state index in [9.17, 15) is 9.59 Å². The summed E-state index contributed by atoms with van der Waals surface area (Å²) < 4.78 is 2.14. The van der Waals surface area contributed by atoms with Gasteiger partial charge < -0.3 is 4.57 Å². The molecule has 3 heteroatoms. The van der Waals surface area contributed by atoms with Crippen LogP contribution in [-0.4, -0.2) is 16.1 Å². The van der Waals surface area contributed by atoms with Crippen molar-refractivity contribution >= 4 is 17.6 Å². The van der Waals surface area contributed by atoms with Gasteiger partial charge in [0.15, 0.2) is 11.6 Å². The minimum atomic E-state index is -0.189. The molecule has 1 heterocycles.